The van der Waals surface area contributed by atoms with Crippen LogP contribution in [0.15, 0.2) is 59.8 Å². The second-order valence-electron chi connectivity index (χ2n) is 9.15. The van der Waals surface area contributed by atoms with Gasteiger partial charge in [0.25, 0.3) is 0 Å². The van der Waals surface area contributed by atoms with Crippen molar-refractivity contribution in [1.82, 2.24) is 20.0 Å². The topological polar surface area (TPSA) is 109 Å². The molecule has 1 amide bonds. The van der Waals surface area contributed by atoms with Crippen LogP contribution < -0.4 is 20.3 Å². The zero-order valence-electron chi connectivity index (χ0n) is 21.4. The average Bonchev–Trinajstić information content (AvgIpc) is 3.54. The summed E-state index contributed by atoms with van der Waals surface area (Å²) >= 11 is 0. The van der Waals surface area contributed by atoms with Gasteiger partial charge in [-0.1, -0.05) is 23.9 Å². The van der Waals surface area contributed by atoms with E-state index in [4.69, 9.17) is 9.26 Å². The Bertz CT molecular complexity index is 1510. The molecule has 196 valence electrons. The summed E-state index contributed by atoms with van der Waals surface area (Å²) in [7, 11) is 5.67. The fourth-order valence-corrected chi connectivity index (χ4v) is 4.59. The van der Waals surface area contributed by atoms with Crippen LogP contribution in [-0.4, -0.2) is 66.3 Å². The number of amides is 1. The van der Waals surface area contributed by atoms with Gasteiger partial charge in [-0.25, -0.2) is 14.4 Å². The van der Waals surface area contributed by atoms with Crippen molar-refractivity contribution in [2.75, 3.05) is 49.8 Å². The molecular weight excluding hydrogens is 489 g/mol. The summed E-state index contributed by atoms with van der Waals surface area (Å²) < 4.78 is 24.9. The van der Waals surface area contributed by atoms with Crippen LogP contribution in [0.25, 0.3) is 22.4 Å². The lowest BCUT2D eigenvalue weighted by molar-refractivity contribution is -0.111. The van der Waals surface area contributed by atoms with Crippen molar-refractivity contribution >= 4 is 40.0 Å². The van der Waals surface area contributed by atoms with Crippen LogP contribution >= 0.6 is 0 Å². The Morgan fingerprint density at radius 3 is 2.87 bits per heavy atom. The summed E-state index contributed by atoms with van der Waals surface area (Å²) in [4.78, 5) is 25.6. The SMILES string of the molecule is C=CC(=O)Nc1cc(Nc2ncc3onc(-c4cccc(F)c4)c3n2)c(OC)cc1N(C)C1CCN(C)C1. The normalized spacial score (nSPS) is 15.4. The molecule has 2 aromatic carbocycles. The van der Waals surface area contributed by atoms with Gasteiger partial charge in [-0.15, -0.1) is 0 Å². The molecule has 0 bridgehead atoms. The number of ether oxygens (including phenoxy) is 1. The minimum atomic E-state index is -0.390. The van der Waals surface area contributed by atoms with Crippen molar-refractivity contribution in [2.24, 2.45) is 0 Å². The van der Waals surface area contributed by atoms with Gasteiger partial charge < -0.3 is 29.7 Å². The molecule has 3 heterocycles. The zero-order valence-corrected chi connectivity index (χ0v) is 21.4. The van der Waals surface area contributed by atoms with Crippen molar-refractivity contribution < 1.29 is 18.4 Å². The first-order valence-electron chi connectivity index (χ1n) is 12.1. The number of methoxy groups -OCH3 is 1. The molecule has 38 heavy (non-hydrogen) atoms. The first-order chi connectivity index (χ1) is 18.4. The number of likely N-dealkylation sites (N-methyl/N-ethyl adjacent to an activating group) is 2. The Morgan fingerprint density at radius 2 is 2.16 bits per heavy atom. The Kier molecular flexibility index (Phi) is 6.93. The van der Waals surface area contributed by atoms with Gasteiger partial charge in [0.1, 0.15) is 22.8 Å². The maximum atomic E-state index is 13.8. The molecular formula is C27H28FN7O3. The zero-order chi connectivity index (χ0) is 26.8. The number of hydrogen-bond acceptors (Lipinski definition) is 9. The quantitative estimate of drug-likeness (QED) is 0.328. The van der Waals surface area contributed by atoms with Gasteiger partial charge in [-0.3, -0.25) is 4.79 Å². The molecule has 5 rings (SSSR count). The Labute approximate surface area is 219 Å². The highest BCUT2D eigenvalue weighted by Gasteiger charge is 2.26. The smallest absolute Gasteiger partial charge is 0.247 e. The number of benzene rings is 2. The molecule has 11 heteroatoms. The number of carbonyl (C=O) groups excluding carboxylic acids is 1. The van der Waals surface area contributed by atoms with E-state index < -0.39 is 0 Å². The van der Waals surface area contributed by atoms with Crippen LogP contribution in [0.2, 0.25) is 0 Å². The van der Waals surface area contributed by atoms with E-state index in [2.05, 4.69) is 49.2 Å². The van der Waals surface area contributed by atoms with Gasteiger partial charge in [0.15, 0.2) is 0 Å². The van der Waals surface area contributed by atoms with E-state index in [0.29, 0.717) is 39.5 Å². The Balaban J connectivity index is 1.52. The van der Waals surface area contributed by atoms with Crippen molar-refractivity contribution in [3.8, 4) is 17.0 Å². The summed E-state index contributed by atoms with van der Waals surface area (Å²) in [5.41, 5.74) is 3.65. The number of likely N-dealkylation sites (tertiary alicyclic amines) is 1. The molecule has 4 aromatic rings. The van der Waals surface area contributed by atoms with Crippen LogP contribution in [0.4, 0.5) is 27.4 Å². The number of nitrogens with one attached hydrogen (secondary N) is 2. The van der Waals surface area contributed by atoms with Crippen molar-refractivity contribution in [1.29, 1.82) is 0 Å². The Hall–Kier alpha value is -4.51. The first-order valence-corrected chi connectivity index (χ1v) is 12.1. The monoisotopic (exact) mass is 517 g/mol. The molecule has 0 saturated carbocycles. The maximum Gasteiger partial charge on any atom is 0.247 e. The van der Waals surface area contributed by atoms with Gasteiger partial charge >= 0.3 is 0 Å². The van der Waals surface area contributed by atoms with Crippen LogP contribution in [0.5, 0.6) is 5.75 Å². The van der Waals surface area contributed by atoms with E-state index >= 15 is 0 Å². The average molecular weight is 518 g/mol. The van der Waals surface area contributed by atoms with Crippen LogP contribution in [-0.2, 0) is 4.79 Å². The predicted molar refractivity (Wildman–Crippen MR) is 144 cm³/mol. The largest absolute Gasteiger partial charge is 0.494 e. The Morgan fingerprint density at radius 1 is 1.32 bits per heavy atom. The molecule has 2 N–H and O–H groups in total. The molecule has 10 nitrogen and oxygen atoms in total. The lowest BCUT2D eigenvalue weighted by atomic mass is 10.1. The minimum absolute atomic E-state index is 0.246. The molecule has 1 unspecified atom stereocenters. The molecule has 0 spiro atoms. The number of rotatable bonds is 8. The molecule has 1 aliphatic heterocycles. The number of nitrogens with zero attached hydrogens (tertiary/aromatic N) is 5. The fourth-order valence-electron chi connectivity index (χ4n) is 4.59. The molecule has 0 aliphatic carbocycles. The standard InChI is InChI=1S/C27H28FN7O3/c1-5-24(36)30-19-12-20(22(37-4)13-21(19)35(3)18-9-10-34(2)15-18)31-27-29-14-23-26(32-27)25(33-38-23)16-7-6-8-17(28)11-16/h5-8,11-14,18H,1,9-10,15H2,2-4H3,(H,30,36)(H,29,31,32). The highest BCUT2D eigenvalue weighted by Crippen LogP contribution is 2.39. The maximum absolute atomic E-state index is 13.8. The fraction of sp³-hybridized carbons (Fsp3) is 0.259. The minimum Gasteiger partial charge on any atom is -0.494 e. The van der Waals surface area contributed by atoms with Gasteiger partial charge in [0.05, 0.1) is 30.4 Å². The molecule has 1 aliphatic rings. The number of aromatic nitrogens is 3. The van der Waals surface area contributed by atoms with Crippen LogP contribution in [0.1, 0.15) is 6.42 Å². The number of anilines is 4. The van der Waals surface area contributed by atoms with E-state index in [1.165, 1.54) is 24.4 Å². The predicted octanol–water partition coefficient (Wildman–Crippen LogP) is 4.44. The number of halogens is 1. The van der Waals surface area contributed by atoms with E-state index in [1.807, 2.05) is 13.1 Å². The van der Waals surface area contributed by atoms with Gasteiger partial charge in [0.2, 0.25) is 17.4 Å². The lowest BCUT2D eigenvalue weighted by Crippen LogP contribution is -2.34. The lowest BCUT2D eigenvalue weighted by Gasteiger charge is -2.29. The van der Waals surface area contributed by atoms with Crippen LogP contribution in [0, 0.1) is 5.82 Å². The second-order valence-corrected chi connectivity index (χ2v) is 9.15. The number of hydrogen-bond donors (Lipinski definition) is 2. The van der Waals surface area contributed by atoms with Gasteiger partial charge in [-0.05, 0) is 44.3 Å². The highest BCUT2D eigenvalue weighted by molar-refractivity contribution is 6.02. The first kappa shape index (κ1) is 25.2. The molecule has 1 atom stereocenters. The van der Waals surface area contributed by atoms with Crippen molar-refractivity contribution in [3.05, 3.63) is 61.1 Å². The molecule has 2 aromatic heterocycles. The molecule has 1 saturated heterocycles. The summed E-state index contributed by atoms with van der Waals surface area (Å²) in [6, 6.07) is 9.97. The highest BCUT2D eigenvalue weighted by atomic mass is 19.1. The third-order valence-corrected chi connectivity index (χ3v) is 6.61. The molecule has 1 fully saturated rings. The van der Waals surface area contributed by atoms with E-state index in [1.54, 1.807) is 25.3 Å². The van der Waals surface area contributed by atoms with Crippen molar-refractivity contribution in [3.63, 3.8) is 0 Å². The van der Waals surface area contributed by atoms with E-state index in [9.17, 15) is 9.18 Å². The van der Waals surface area contributed by atoms with E-state index in [0.717, 1.165) is 25.2 Å². The van der Waals surface area contributed by atoms with Crippen LogP contribution in [0.3, 0.4) is 0 Å². The summed E-state index contributed by atoms with van der Waals surface area (Å²) in [6.45, 7) is 5.49. The summed E-state index contributed by atoms with van der Waals surface area (Å²) in [6.07, 6.45) is 3.72. The van der Waals surface area contributed by atoms with E-state index in [-0.39, 0.29) is 23.7 Å². The third kappa shape index (κ3) is 5.00. The molecule has 0 radical (unpaired) electrons. The van der Waals surface area contributed by atoms with Gasteiger partial charge in [-0.2, -0.15) is 0 Å². The van der Waals surface area contributed by atoms with Crippen molar-refractivity contribution in [2.45, 2.75) is 12.5 Å². The number of fused-ring (bicyclic) bond motifs is 1. The third-order valence-electron chi connectivity index (χ3n) is 6.61. The second kappa shape index (κ2) is 10.5. The van der Waals surface area contributed by atoms with Gasteiger partial charge in [0, 0.05) is 31.3 Å². The summed E-state index contributed by atoms with van der Waals surface area (Å²) in [5.74, 6) is 0.0609. The summed E-state index contributed by atoms with van der Waals surface area (Å²) in [5, 5.41) is 10.1. The number of carbonyl (C=O) groups is 1.